The topological polar surface area (TPSA) is 81.5 Å². The number of ether oxygens (including phenoxy) is 1. The highest BCUT2D eigenvalue weighted by atomic mass is 79.9. The molecule has 0 radical (unpaired) electrons. The van der Waals surface area contributed by atoms with Gasteiger partial charge in [-0.1, -0.05) is 35.3 Å². The van der Waals surface area contributed by atoms with Crippen LogP contribution in [0, 0.1) is 17.0 Å². The number of carbonyl (C=O) groups excluding carboxylic acids is 1. The van der Waals surface area contributed by atoms with Crippen LogP contribution < -0.4 is 10.1 Å². The predicted octanol–water partition coefficient (Wildman–Crippen LogP) is 5.10. The molecule has 2 aromatic rings. The molecule has 0 aliphatic heterocycles. The number of nitrogens with one attached hydrogen (secondary N) is 1. The lowest BCUT2D eigenvalue weighted by Crippen LogP contribution is -2.15. The van der Waals surface area contributed by atoms with Crippen molar-refractivity contribution >= 4 is 33.2 Å². The Morgan fingerprint density at radius 2 is 2.08 bits per heavy atom. The SMILES string of the molecule is CCCCOc1ccc(Br)cc1C(=O)Nc1cccc([N+](=O)[O-])c1C. The van der Waals surface area contributed by atoms with Gasteiger partial charge in [0.15, 0.2) is 0 Å². The van der Waals surface area contributed by atoms with Crippen LogP contribution in [0.2, 0.25) is 0 Å². The van der Waals surface area contributed by atoms with Gasteiger partial charge in [-0.05, 0) is 37.6 Å². The molecule has 132 valence electrons. The lowest BCUT2D eigenvalue weighted by Gasteiger charge is -2.13. The van der Waals surface area contributed by atoms with Crippen molar-refractivity contribution in [1.29, 1.82) is 0 Å². The van der Waals surface area contributed by atoms with Gasteiger partial charge >= 0.3 is 0 Å². The van der Waals surface area contributed by atoms with Gasteiger partial charge in [0, 0.05) is 10.5 Å². The zero-order valence-electron chi connectivity index (χ0n) is 14.0. The second kappa shape index (κ2) is 8.62. The van der Waals surface area contributed by atoms with E-state index >= 15 is 0 Å². The summed E-state index contributed by atoms with van der Waals surface area (Å²) < 4.78 is 6.44. The van der Waals surface area contributed by atoms with E-state index in [2.05, 4.69) is 28.2 Å². The van der Waals surface area contributed by atoms with Gasteiger partial charge in [0.2, 0.25) is 0 Å². The van der Waals surface area contributed by atoms with Gasteiger partial charge in [0.1, 0.15) is 5.75 Å². The largest absolute Gasteiger partial charge is 0.493 e. The molecule has 0 heterocycles. The van der Waals surface area contributed by atoms with Crippen molar-refractivity contribution in [1.82, 2.24) is 0 Å². The van der Waals surface area contributed by atoms with Crippen molar-refractivity contribution in [2.24, 2.45) is 0 Å². The molecule has 0 atom stereocenters. The van der Waals surface area contributed by atoms with E-state index < -0.39 is 4.92 Å². The highest BCUT2D eigenvalue weighted by Gasteiger charge is 2.18. The van der Waals surface area contributed by atoms with E-state index in [4.69, 9.17) is 4.74 Å². The molecule has 25 heavy (non-hydrogen) atoms. The smallest absolute Gasteiger partial charge is 0.274 e. The first-order valence-corrected chi connectivity index (χ1v) is 8.71. The number of hydrogen-bond acceptors (Lipinski definition) is 4. The quantitative estimate of drug-likeness (QED) is 0.394. The van der Waals surface area contributed by atoms with E-state index in [9.17, 15) is 14.9 Å². The summed E-state index contributed by atoms with van der Waals surface area (Å²) in [5, 5.41) is 13.8. The zero-order valence-corrected chi connectivity index (χ0v) is 15.6. The number of carbonyl (C=O) groups is 1. The highest BCUT2D eigenvalue weighted by Crippen LogP contribution is 2.28. The molecule has 6 nitrogen and oxygen atoms in total. The maximum absolute atomic E-state index is 12.7. The van der Waals surface area contributed by atoms with E-state index in [1.807, 2.05) is 0 Å². The maximum Gasteiger partial charge on any atom is 0.274 e. The van der Waals surface area contributed by atoms with Crippen LogP contribution in [0.3, 0.4) is 0 Å². The summed E-state index contributed by atoms with van der Waals surface area (Å²) in [5.74, 6) is 0.105. The van der Waals surface area contributed by atoms with Crippen LogP contribution in [-0.2, 0) is 0 Å². The summed E-state index contributed by atoms with van der Waals surface area (Å²) in [6.45, 7) is 4.19. The van der Waals surface area contributed by atoms with Gasteiger partial charge in [-0.3, -0.25) is 14.9 Å². The number of nitrogens with zero attached hydrogens (tertiary/aromatic N) is 1. The summed E-state index contributed by atoms with van der Waals surface area (Å²) in [6.07, 6.45) is 1.88. The number of rotatable bonds is 7. The molecule has 0 spiro atoms. The number of nitro benzene ring substituents is 1. The van der Waals surface area contributed by atoms with Crippen molar-refractivity contribution in [3.05, 3.63) is 62.1 Å². The molecule has 7 heteroatoms. The Labute approximate surface area is 154 Å². The third-order valence-electron chi connectivity index (χ3n) is 3.69. The van der Waals surface area contributed by atoms with Crippen LogP contribution in [0.25, 0.3) is 0 Å². The Morgan fingerprint density at radius 1 is 1.32 bits per heavy atom. The monoisotopic (exact) mass is 406 g/mol. The van der Waals surface area contributed by atoms with E-state index in [-0.39, 0.29) is 11.6 Å². The molecule has 2 aromatic carbocycles. The fourth-order valence-electron chi connectivity index (χ4n) is 2.28. The van der Waals surface area contributed by atoms with Gasteiger partial charge in [-0.25, -0.2) is 0 Å². The van der Waals surface area contributed by atoms with Crippen LogP contribution in [-0.4, -0.2) is 17.4 Å². The van der Waals surface area contributed by atoms with E-state index in [1.54, 1.807) is 37.3 Å². The molecule has 1 amide bonds. The minimum Gasteiger partial charge on any atom is -0.493 e. The first-order chi connectivity index (χ1) is 11.9. The summed E-state index contributed by atoms with van der Waals surface area (Å²) in [7, 11) is 0. The summed E-state index contributed by atoms with van der Waals surface area (Å²) in [6, 6.07) is 9.79. The highest BCUT2D eigenvalue weighted by molar-refractivity contribution is 9.10. The third-order valence-corrected chi connectivity index (χ3v) is 4.19. The fourth-order valence-corrected chi connectivity index (χ4v) is 2.64. The summed E-state index contributed by atoms with van der Waals surface area (Å²) in [5.41, 5.74) is 1.14. The first-order valence-electron chi connectivity index (χ1n) is 7.91. The minimum absolute atomic E-state index is 0.0357. The average Bonchev–Trinajstić information content (AvgIpc) is 2.57. The predicted molar refractivity (Wildman–Crippen MR) is 100 cm³/mol. The minimum atomic E-state index is -0.469. The lowest BCUT2D eigenvalue weighted by atomic mass is 10.1. The van der Waals surface area contributed by atoms with Gasteiger partial charge in [-0.15, -0.1) is 0 Å². The Bertz CT molecular complexity index is 793. The van der Waals surface area contributed by atoms with Crippen molar-refractivity contribution in [3.63, 3.8) is 0 Å². The lowest BCUT2D eigenvalue weighted by molar-refractivity contribution is -0.385. The van der Waals surface area contributed by atoms with Crippen LogP contribution in [0.1, 0.15) is 35.7 Å². The molecule has 0 bridgehead atoms. The molecular weight excluding hydrogens is 388 g/mol. The maximum atomic E-state index is 12.7. The number of hydrogen-bond donors (Lipinski definition) is 1. The molecule has 0 aromatic heterocycles. The van der Waals surface area contributed by atoms with E-state index in [0.29, 0.717) is 29.2 Å². The van der Waals surface area contributed by atoms with Crippen molar-refractivity contribution < 1.29 is 14.5 Å². The standard InChI is InChI=1S/C18H19BrN2O4/c1-3-4-10-25-17-9-8-13(19)11-14(17)18(22)20-15-6-5-7-16(12(15)2)21(23)24/h5-9,11H,3-4,10H2,1-2H3,(H,20,22). The second-order valence-electron chi connectivity index (χ2n) is 5.50. The second-order valence-corrected chi connectivity index (χ2v) is 6.42. The van der Waals surface area contributed by atoms with E-state index in [1.165, 1.54) is 6.07 Å². The summed E-state index contributed by atoms with van der Waals surface area (Å²) >= 11 is 3.35. The molecule has 0 aliphatic rings. The van der Waals surface area contributed by atoms with Crippen molar-refractivity contribution in [2.75, 3.05) is 11.9 Å². The van der Waals surface area contributed by atoms with Crippen LogP contribution >= 0.6 is 15.9 Å². The molecule has 0 unspecified atom stereocenters. The van der Waals surface area contributed by atoms with Crippen LogP contribution in [0.5, 0.6) is 5.75 Å². The zero-order chi connectivity index (χ0) is 18.4. The molecule has 0 fully saturated rings. The third kappa shape index (κ3) is 4.79. The van der Waals surface area contributed by atoms with Crippen LogP contribution in [0.4, 0.5) is 11.4 Å². The number of amides is 1. The molecule has 0 aliphatic carbocycles. The van der Waals surface area contributed by atoms with Gasteiger partial charge in [0.25, 0.3) is 11.6 Å². The first kappa shape index (κ1) is 18.9. The molecular formula is C18H19BrN2O4. The van der Waals surface area contributed by atoms with Gasteiger partial charge in [0.05, 0.1) is 28.3 Å². The van der Waals surface area contributed by atoms with Gasteiger partial charge < -0.3 is 10.1 Å². The number of halogens is 1. The Morgan fingerprint density at radius 3 is 2.76 bits per heavy atom. The summed E-state index contributed by atoms with van der Waals surface area (Å²) in [4.78, 5) is 23.2. The Kier molecular flexibility index (Phi) is 6.52. The Hall–Kier alpha value is -2.41. The average molecular weight is 407 g/mol. The Balaban J connectivity index is 2.28. The van der Waals surface area contributed by atoms with Crippen LogP contribution in [0.15, 0.2) is 40.9 Å². The molecule has 1 N–H and O–H groups in total. The number of anilines is 1. The van der Waals surface area contributed by atoms with E-state index in [0.717, 1.165) is 17.3 Å². The fraction of sp³-hybridized carbons (Fsp3) is 0.278. The number of unbranched alkanes of at least 4 members (excludes halogenated alkanes) is 1. The number of nitro groups is 1. The molecule has 0 saturated heterocycles. The molecule has 2 rings (SSSR count). The van der Waals surface area contributed by atoms with Crippen molar-refractivity contribution in [3.8, 4) is 5.75 Å². The normalized spacial score (nSPS) is 10.4. The number of benzene rings is 2. The van der Waals surface area contributed by atoms with Gasteiger partial charge in [-0.2, -0.15) is 0 Å². The van der Waals surface area contributed by atoms with Crippen molar-refractivity contribution in [2.45, 2.75) is 26.7 Å². The molecule has 0 saturated carbocycles.